The van der Waals surface area contributed by atoms with Gasteiger partial charge in [-0.2, -0.15) is 5.26 Å². The summed E-state index contributed by atoms with van der Waals surface area (Å²) in [6.07, 6.45) is 0. The van der Waals surface area contributed by atoms with Gasteiger partial charge in [0, 0.05) is 6.92 Å². The van der Waals surface area contributed by atoms with Gasteiger partial charge in [0.15, 0.2) is 0 Å². The maximum atomic E-state index is 7.32. The molecule has 32 valence electrons. The topological polar surface area (TPSA) is 23.8 Å². The predicted molar refractivity (Wildman–Crippen MR) is 17.0 cm³/mol. The molecule has 0 saturated heterocycles. The van der Waals surface area contributed by atoms with E-state index in [1.165, 1.54) is 6.92 Å². The SMILES string of the molecule is CC#N.[Br-].[Br-].[Mg+2]. The average Bonchev–Trinajstić information content (AvgIpc) is 0.918. The van der Waals surface area contributed by atoms with Gasteiger partial charge in [-0.1, -0.05) is 0 Å². The first kappa shape index (κ1) is 27.0. The van der Waals surface area contributed by atoms with E-state index >= 15 is 0 Å². The smallest absolute Gasteiger partial charge is 1.00 e. The minimum Gasteiger partial charge on any atom is -1.00 e. The molecular formula is C2H3Br2MgN. The summed E-state index contributed by atoms with van der Waals surface area (Å²) in [6, 6.07) is 1.75. The molecule has 0 aliphatic rings. The number of nitrogens with zero attached hydrogens (tertiary/aromatic N) is 1. The molecule has 0 aliphatic carbocycles. The first-order valence-electron chi connectivity index (χ1n) is 0.724. The van der Waals surface area contributed by atoms with Crippen molar-refractivity contribution in [1.82, 2.24) is 0 Å². The number of hydrogen-bond donors (Lipinski definition) is 0. The van der Waals surface area contributed by atoms with Gasteiger partial charge in [-0.3, -0.25) is 0 Å². The van der Waals surface area contributed by atoms with Crippen LogP contribution >= 0.6 is 0 Å². The summed E-state index contributed by atoms with van der Waals surface area (Å²) >= 11 is 0. The summed E-state index contributed by atoms with van der Waals surface area (Å²) in [4.78, 5) is 0. The molecule has 0 aromatic rings. The van der Waals surface area contributed by atoms with Gasteiger partial charge in [-0.25, -0.2) is 0 Å². The summed E-state index contributed by atoms with van der Waals surface area (Å²) in [6.45, 7) is 1.43. The summed E-state index contributed by atoms with van der Waals surface area (Å²) in [5.74, 6) is 0. The molecule has 0 saturated carbocycles. The van der Waals surface area contributed by atoms with Gasteiger partial charge in [0.1, 0.15) is 0 Å². The third kappa shape index (κ3) is 62.7. The summed E-state index contributed by atoms with van der Waals surface area (Å²) in [7, 11) is 0. The second-order valence-corrected chi connectivity index (χ2v) is 0.224. The van der Waals surface area contributed by atoms with Gasteiger partial charge in [0.25, 0.3) is 0 Å². The third-order valence-electron chi connectivity index (χ3n) is 0. The van der Waals surface area contributed by atoms with E-state index in [0.717, 1.165) is 0 Å². The number of halogens is 2. The van der Waals surface area contributed by atoms with Gasteiger partial charge in [-0.05, 0) is 0 Å². The van der Waals surface area contributed by atoms with E-state index in [-0.39, 0.29) is 57.0 Å². The fraction of sp³-hybridized carbons (Fsp3) is 0.500. The number of rotatable bonds is 0. The van der Waals surface area contributed by atoms with Crippen molar-refractivity contribution < 1.29 is 34.0 Å². The second kappa shape index (κ2) is 34.4. The Morgan fingerprint density at radius 1 is 1.33 bits per heavy atom. The molecule has 0 rings (SSSR count). The monoisotopic (exact) mass is 223 g/mol. The van der Waals surface area contributed by atoms with Crippen LogP contribution in [0.25, 0.3) is 0 Å². The molecule has 4 heteroatoms. The Kier molecular flexibility index (Phi) is 155. The van der Waals surface area contributed by atoms with Crippen molar-refractivity contribution in [2.75, 3.05) is 0 Å². The summed E-state index contributed by atoms with van der Waals surface area (Å²) < 4.78 is 0. The molecule has 0 bridgehead atoms. The van der Waals surface area contributed by atoms with Gasteiger partial charge >= 0.3 is 23.1 Å². The molecule has 0 radical (unpaired) electrons. The van der Waals surface area contributed by atoms with Gasteiger partial charge in [-0.15, -0.1) is 0 Å². The fourth-order valence-electron chi connectivity index (χ4n) is 0. The van der Waals surface area contributed by atoms with Crippen molar-refractivity contribution in [2.24, 2.45) is 0 Å². The largest absolute Gasteiger partial charge is 2.00 e. The molecule has 0 heterocycles. The molecule has 0 N–H and O–H groups in total. The van der Waals surface area contributed by atoms with Crippen molar-refractivity contribution in [3.63, 3.8) is 0 Å². The molecule has 1 nitrogen and oxygen atoms in total. The van der Waals surface area contributed by atoms with E-state index in [2.05, 4.69) is 0 Å². The van der Waals surface area contributed by atoms with E-state index in [1.807, 2.05) is 0 Å². The van der Waals surface area contributed by atoms with Crippen molar-refractivity contribution in [1.29, 1.82) is 5.26 Å². The molecule has 0 unspecified atom stereocenters. The quantitative estimate of drug-likeness (QED) is 0.377. The normalized spacial score (nSPS) is 1.33. The van der Waals surface area contributed by atoms with Gasteiger partial charge in [0.05, 0.1) is 6.07 Å². The maximum absolute atomic E-state index is 7.32. The van der Waals surface area contributed by atoms with E-state index in [0.29, 0.717) is 0 Å². The van der Waals surface area contributed by atoms with Crippen LogP contribution in [0.2, 0.25) is 0 Å². The molecule has 0 amide bonds. The zero-order valence-corrected chi connectivity index (χ0v) is 8.00. The maximum Gasteiger partial charge on any atom is 2.00 e. The van der Waals surface area contributed by atoms with E-state index in [1.54, 1.807) is 6.07 Å². The fourth-order valence-corrected chi connectivity index (χ4v) is 0. The van der Waals surface area contributed by atoms with E-state index in [9.17, 15) is 0 Å². The van der Waals surface area contributed by atoms with Crippen LogP contribution in [0.4, 0.5) is 0 Å². The first-order chi connectivity index (χ1) is 1.41. The Morgan fingerprint density at radius 2 is 1.33 bits per heavy atom. The Balaban J connectivity index is -0.00000000667. The molecular weight excluding hydrogens is 222 g/mol. The van der Waals surface area contributed by atoms with E-state index in [4.69, 9.17) is 5.26 Å². The molecule has 0 fully saturated rings. The second-order valence-electron chi connectivity index (χ2n) is 0.224. The first-order valence-corrected chi connectivity index (χ1v) is 0.724. The van der Waals surface area contributed by atoms with Crippen molar-refractivity contribution in [3.8, 4) is 6.07 Å². The van der Waals surface area contributed by atoms with Crippen LogP contribution in [0.1, 0.15) is 6.92 Å². The molecule has 0 aromatic heterocycles. The van der Waals surface area contributed by atoms with Crippen molar-refractivity contribution in [2.45, 2.75) is 6.92 Å². The van der Waals surface area contributed by atoms with Crippen molar-refractivity contribution in [3.05, 3.63) is 0 Å². The summed E-state index contributed by atoms with van der Waals surface area (Å²) in [5, 5.41) is 7.32. The molecule has 6 heavy (non-hydrogen) atoms. The van der Waals surface area contributed by atoms with Crippen molar-refractivity contribution >= 4 is 23.1 Å². The zero-order chi connectivity index (χ0) is 2.71. The number of nitriles is 1. The van der Waals surface area contributed by atoms with Gasteiger partial charge < -0.3 is 34.0 Å². The molecule has 0 spiro atoms. The zero-order valence-electron chi connectivity index (χ0n) is 3.41. The number of hydrogen-bond acceptors (Lipinski definition) is 1. The Hall–Kier alpha value is 1.22. The van der Waals surface area contributed by atoms with Crippen LogP contribution in [0.5, 0.6) is 0 Å². The molecule has 0 aliphatic heterocycles. The Bertz CT molecular complexity index is 33.0. The summed E-state index contributed by atoms with van der Waals surface area (Å²) in [5.41, 5.74) is 0. The van der Waals surface area contributed by atoms with Crippen LogP contribution in [0, 0.1) is 11.3 Å². The van der Waals surface area contributed by atoms with Crippen LogP contribution < -0.4 is 34.0 Å². The van der Waals surface area contributed by atoms with Crippen LogP contribution in [0.15, 0.2) is 0 Å². The van der Waals surface area contributed by atoms with Crippen LogP contribution in [-0.2, 0) is 0 Å². The standard InChI is InChI=1S/C2H3N.2BrH.Mg/c1-2-3;;;/h1H3;2*1H;/q;;;+2/p-2. The molecule has 0 aromatic carbocycles. The Morgan fingerprint density at radius 3 is 1.33 bits per heavy atom. The average molecular weight is 225 g/mol. The minimum atomic E-state index is 0. The molecule has 0 atom stereocenters. The predicted octanol–water partition coefficient (Wildman–Crippen LogP) is -5.84. The third-order valence-corrected chi connectivity index (χ3v) is 0. The van der Waals surface area contributed by atoms with Crippen LogP contribution in [-0.4, -0.2) is 23.1 Å². The van der Waals surface area contributed by atoms with Crippen LogP contribution in [0.3, 0.4) is 0 Å². The van der Waals surface area contributed by atoms with E-state index < -0.39 is 0 Å². The minimum absolute atomic E-state index is 0. The van der Waals surface area contributed by atoms with Gasteiger partial charge in [0.2, 0.25) is 0 Å². The Labute approximate surface area is 74.8 Å².